The summed E-state index contributed by atoms with van der Waals surface area (Å²) < 4.78 is 0. The molecule has 1 saturated heterocycles. The van der Waals surface area contributed by atoms with E-state index in [1.54, 1.807) is 6.07 Å². The summed E-state index contributed by atoms with van der Waals surface area (Å²) in [6, 6.07) is 5.33. The highest BCUT2D eigenvalue weighted by atomic mass is 35.5. The third kappa shape index (κ3) is 2.69. The molecular weight excluding hydrogens is 271 g/mol. The Morgan fingerprint density at radius 2 is 2.06 bits per heavy atom. The number of nitrogens with one attached hydrogen (secondary N) is 2. The lowest BCUT2D eigenvalue weighted by molar-refractivity contribution is -0.124. The van der Waals surface area contributed by atoms with E-state index < -0.39 is 0 Å². The summed E-state index contributed by atoms with van der Waals surface area (Å²) in [5.74, 6) is 0.304. The first-order chi connectivity index (χ1) is 8.50. The maximum Gasteiger partial charge on any atom is 0.154 e. The molecule has 0 radical (unpaired) electrons. The zero-order valence-corrected chi connectivity index (χ0v) is 11.8. The van der Waals surface area contributed by atoms with Crippen molar-refractivity contribution in [3.8, 4) is 0 Å². The van der Waals surface area contributed by atoms with Crippen molar-refractivity contribution >= 4 is 29.0 Å². The van der Waals surface area contributed by atoms with Crippen LogP contribution in [-0.4, -0.2) is 18.4 Å². The van der Waals surface area contributed by atoms with E-state index in [1.165, 1.54) is 0 Å². The fourth-order valence-electron chi connectivity index (χ4n) is 2.18. The number of hydrogen-bond acceptors (Lipinski definition) is 3. The molecule has 1 aromatic rings. The van der Waals surface area contributed by atoms with Crippen LogP contribution in [0.5, 0.6) is 0 Å². The molecule has 0 aromatic heterocycles. The van der Waals surface area contributed by atoms with Crippen molar-refractivity contribution in [2.45, 2.75) is 25.8 Å². The Hall–Kier alpha value is -0.610. The molecule has 18 heavy (non-hydrogen) atoms. The molecule has 98 valence electrons. The fraction of sp³-hybridized carbons (Fsp3) is 0.462. The van der Waals surface area contributed by atoms with Gasteiger partial charge in [0.25, 0.3) is 0 Å². The number of Topliss-reactive ketones (excluding diaryl/α,β-unsaturated/α-hetero) is 1. The largest absolute Gasteiger partial charge is 0.298 e. The summed E-state index contributed by atoms with van der Waals surface area (Å²) >= 11 is 11.9. The molecule has 0 aliphatic carbocycles. The molecule has 3 nitrogen and oxygen atoms in total. The second-order valence-electron chi connectivity index (χ2n) is 4.84. The van der Waals surface area contributed by atoms with Gasteiger partial charge in [0.1, 0.15) is 0 Å². The monoisotopic (exact) mass is 286 g/mol. The Morgan fingerprint density at radius 1 is 1.33 bits per heavy atom. The van der Waals surface area contributed by atoms with E-state index in [0.29, 0.717) is 16.6 Å². The lowest BCUT2D eigenvalue weighted by Gasteiger charge is -2.19. The van der Waals surface area contributed by atoms with E-state index in [0.717, 1.165) is 5.56 Å². The third-order valence-corrected chi connectivity index (χ3v) is 3.97. The molecule has 0 spiro atoms. The third-order valence-electron chi connectivity index (χ3n) is 3.23. The smallest absolute Gasteiger partial charge is 0.154 e. The summed E-state index contributed by atoms with van der Waals surface area (Å²) in [5.41, 5.74) is 7.12. The van der Waals surface area contributed by atoms with Crippen molar-refractivity contribution in [2.24, 2.45) is 5.92 Å². The first-order valence-electron chi connectivity index (χ1n) is 5.97. The van der Waals surface area contributed by atoms with Gasteiger partial charge in [-0.15, -0.1) is 0 Å². The van der Waals surface area contributed by atoms with Gasteiger partial charge in [-0.25, -0.2) is 5.43 Å². The van der Waals surface area contributed by atoms with Crippen LogP contribution in [0.25, 0.3) is 0 Å². The summed E-state index contributed by atoms with van der Waals surface area (Å²) in [6.45, 7) is 4.53. The van der Waals surface area contributed by atoms with Crippen LogP contribution in [0.4, 0.5) is 0 Å². The molecular formula is C13H16Cl2N2O. The Labute approximate surface area is 117 Å². The van der Waals surface area contributed by atoms with Crippen molar-refractivity contribution in [2.75, 3.05) is 6.54 Å². The second kappa shape index (κ2) is 5.57. The maximum atomic E-state index is 12.1. The van der Waals surface area contributed by atoms with Crippen LogP contribution in [0.1, 0.15) is 25.3 Å². The van der Waals surface area contributed by atoms with Crippen LogP contribution in [0.2, 0.25) is 10.0 Å². The van der Waals surface area contributed by atoms with Crippen molar-refractivity contribution < 1.29 is 4.79 Å². The molecule has 1 fully saturated rings. The van der Waals surface area contributed by atoms with E-state index in [4.69, 9.17) is 23.2 Å². The highest BCUT2D eigenvalue weighted by Gasteiger charge is 2.34. The van der Waals surface area contributed by atoms with Gasteiger partial charge >= 0.3 is 0 Å². The van der Waals surface area contributed by atoms with E-state index in [2.05, 4.69) is 10.9 Å². The van der Waals surface area contributed by atoms with Gasteiger partial charge in [0.05, 0.1) is 16.1 Å². The molecule has 1 aliphatic heterocycles. The number of carbonyl (C=O) groups is 1. The van der Waals surface area contributed by atoms with Crippen molar-refractivity contribution in [3.63, 3.8) is 0 Å². The van der Waals surface area contributed by atoms with Gasteiger partial charge in [-0.3, -0.25) is 10.2 Å². The Morgan fingerprint density at radius 3 is 2.67 bits per heavy atom. The van der Waals surface area contributed by atoms with Crippen LogP contribution in [0.3, 0.4) is 0 Å². The summed E-state index contributed by atoms with van der Waals surface area (Å²) in [5, 5.41) is 1.06. The summed E-state index contributed by atoms with van der Waals surface area (Å²) in [7, 11) is 0. The quantitative estimate of drug-likeness (QED) is 0.898. The average Bonchev–Trinajstić information content (AvgIpc) is 2.80. The van der Waals surface area contributed by atoms with E-state index in [1.807, 2.05) is 26.0 Å². The van der Waals surface area contributed by atoms with Gasteiger partial charge in [-0.2, -0.15) is 0 Å². The van der Waals surface area contributed by atoms with E-state index in [9.17, 15) is 4.79 Å². The minimum absolute atomic E-state index is 0.00710. The van der Waals surface area contributed by atoms with Crippen LogP contribution in [0.15, 0.2) is 18.2 Å². The summed E-state index contributed by atoms with van der Waals surface area (Å²) in [4.78, 5) is 12.1. The zero-order chi connectivity index (χ0) is 13.3. The van der Waals surface area contributed by atoms with Gasteiger partial charge in [0, 0.05) is 18.4 Å². The highest BCUT2D eigenvalue weighted by molar-refractivity contribution is 6.42. The van der Waals surface area contributed by atoms with Gasteiger partial charge < -0.3 is 0 Å². The number of hydrogen-bond donors (Lipinski definition) is 2. The number of carbonyl (C=O) groups excluding carboxylic acids is 1. The van der Waals surface area contributed by atoms with Gasteiger partial charge in [-0.1, -0.05) is 43.1 Å². The van der Waals surface area contributed by atoms with Crippen molar-refractivity contribution in [1.82, 2.24) is 10.9 Å². The first-order valence-corrected chi connectivity index (χ1v) is 6.73. The number of benzene rings is 1. The van der Waals surface area contributed by atoms with Gasteiger partial charge in [-0.05, 0) is 17.7 Å². The van der Waals surface area contributed by atoms with Crippen LogP contribution >= 0.6 is 23.2 Å². The fourth-order valence-corrected chi connectivity index (χ4v) is 2.49. The highest BCUT2D eigenvalue weighted by Crippen LogP contribution is 2.30. The van der Waals surface area contributed by atoms with E-state index in [-0.39, 0.29) is 23.7 Å². The van der Waals surface area contributed by atoms with Crippen LogP contribution < -0.4 is 10.9 Å². The predicted octanol–water partition coefficient (Wildman–Crippen LogP) is 2.78. The molecule has 0 bridgehead atoms. The first kappa shape index (κ1) is 13.8. The topological polar surface area (TPSA) is 41.1 Å². The Balaban J connectivity index is 2.26. The van der Waals surface area contributed by atoms with E-state index >= 15 is 0 Å². The molecule has 0 unspecified atom stereocenters. The number of hydrazine groups is 1. The molecule has 1 aliphatic rings. The normalized spacial score (nSPS) is 23.6. The SMILES string of the molecule is CC(C)C(=O)[C@H]1NNC[C@@H]1c1ccc(Cl)c(Cl)c1. The molecule has 1 aromatic carbocycles. The molecule has 5 heteroatoms. The molecule has 1 heterocycles. The predicted molar refractivity (Wildman–Crippen MR) is 74.0 cm³/mol. The Bertz CT molecular complexity index is 462. The number of ketones is 1. The Kier molecular flexibility index (Phi) is 4.28. The standard InChI is InChI=1S/C13H16Cl2N2O/c1-7(2)13(18)12-9(6-16-17-12)8-3-4-10(14)11(15)5-8/h3-5,7,9,12,16-17H,6H2,1-2H3/t9-,12+/m1/s1. The molecule has 2 atom stereocenters. The molecule has 2 N–H and O–H groups in total. The zero-order valence-electron chi connectivity index (χ0n) is 10.3. The molecule has 0 saturated carbocycles. The minimum atomic E-state index is -0.206. The van der Waals surface area contributed by atoms with Crippen LogP contribution in [0, 0.1) is 5.92 Å². The van der Waals surface area contributed by atoms with Crippen LogP contribution in [-0.2, 0) is 4.79 Å². The molecule has 2 rings (SSSR count). The summed E-state index contributed by atoms with van der Waals surface area (Å²) in [6.07, 6.45) is 0. The lowest BCUT2D eigenvalue weighted by Crippen LogP contribution is -2.40. The van der Waals surface area contributed by atoms with Gasteiger partial charge in [0.2, 0.25) is 0 Å². The van der Waals surface area contributed by atoms with Gasteiger partial charge in [0.15, 0.2) is 5.78 Å². The minimum Gasteiger partial charge on any atom is -0.298 e. The number of rotatable bonds is 3. The average molecular weight is 287 g/mol. The van der Waals surface area contributed by atoms with Crippen molar-refractivity contribution in [1.29, 1.82) is 0 Å². The van der Waals surface area contributed by atoms with Crippen molar-refractivity contribution in [3.05, 3.63) is 33.8 Å². The lowest BCUT2D eigenvalue weighted by atomic mass is 9.87. The second-order valence-corrected chi connectivity index (χ2v) is 5.65. The number of halogens is 2. The maximum absolute atomic E-state index is 12.1. The molecule has 0 amide bonds.